The topological polar surface area (TPSA) is 54.4 Å². The maximum Gasteiger partial charge on any atom is 0.119 e. The number of piperazine rings is 1. The van der Waals surface area contributed by atoms with E-state index in [0.717, 1.165) is 50.0 Å². The zero-order valence-corrected chi connectivity index (χ0v) is 17.4. The van der Waals surface area contributed by atoms with Crippen molar-refractivity contribution in [1.29, 1.82) is 0 Å². The average Bonchev–Trinajstić information content (AvgIpc) is 2.75. The van der Waals surface area contributed by atoms with Gasteiger partial charge in [0.25, 0.3) is 0 Å². The predicted molar refractivity (Wildman–Crippen MR) is 114 cm³/mol. The number of hydrogen-bond acceptors (Lipinski definition) is 6. The van der Waals surface area contributed by atoms with Crippen LogP contribution in [0, 0.1) is 0 Å². The summed E-state index contributed by atoms with van der Waals surface area (Å²) in [4.78, 5) is 4.75. The van der Waals surface area contributed by atoms with Crippen molar-refractivity contribution in [3.05, 3.63) is 54.1 Å². The summed E-state index contributed by atoms with van der Waals surface area (Å²) in [6.45, 7) is 8.38. The Labute approximate surface area is 173 Å². The van der Waals surface area contributed by atoms with Gasteiger partial charge < -0.3 is 19.3 Å². The van der Waals surface area contributed by atoms with Crippen LogP contribution in [0.25, 0.3) is 0 Å². The van der Waals surface area contributed by atoms with Crippen molar-refractivity contribution in [2.45, 2.75) is 19.6 Å². The Kier molecular flexibility index (Phi) is 8.16. The quantitative estimate of drug-likeness (QED) is 0.662. The van der Waals surface area contributed by atoms with Crippen molar-refractivity contribution in [2.24, 2.45) is 0 Å². The fourth-order valence-corrected chi connectivity index (χ4v) is 3.46. The number of β-amino-alcohol motifs (C(OH)–C–C–N with tert-alkyl or cyclic N) is 1. The van der Waals surface area contributed by atoms with E-state index in [1.807, 2.05) is 43.3 Å². The van der Waals surface area contributed by atoms with E-state index in [-0.39, 0.29) is 0 Å². The second kappa shape index (κ2) is 11.0. The number of rotatable bonds is 10. The Balaban J connectivity index is 1.35. The Morgan fingerprint density at radius 3 is 1.97 bits per heavy atom. The van der Waals surface area contributed by atoms with Gasteiger partial charge in [-0.3, -0.25) is 9.80 Å². The minimum atomic E-state index is -0.505. The predicted octanol–water partition coefficient (Wildman–Crippen LogP) is 2.65. The molecule has 0 radical (unpaired) electrons. The zero-order valence-electron chi connectivity index (χ0n) is 17.4. The molecular formula is C23H32N2O4. The Bertz CT molecular complexity index is 713. The van der Waals surface area contributed by atoms with Crippen LogP contribution < -0.4 is 14.2 Å². The molecule has 6 nitrogen and oxygen atoms in total. The van der Waals surface area contributed by atoms with Crippen LogP contribution in [0.4, 0.5) is 0 Å². The highest BCUT2D eigenvalue weighted by atomic mass is 16.5. The molecule has 1 saturated heterocycles. The van der Waals surface area contributed by atoms with Gasteiger partial charge in [-0.25, -0.2) is 0 Å². The maximum absolute atomic E-state index is 10.3. The van der Waals surface area contributed by atoms with Crippen LogP contribution >= 0.6 is 0 Å². The Morgan fingerprint density at radius 1 is 0.828 bits per heavy atom. The summed E-state index contributed by atoms with van der Waals surface area (Å²) >= 11 is 0. The molecule has 0 spiro atoms. The number of aliphatic hydroxyl groups excluding tert-OH is 1. The molecule has 0 saturated carbocycles. The molecule has 29 heavy (non-hydrogen) atoms. The lowest BCUT2D eigenvalue weighted by Gasteiger charge is -2.35. The van der Waals surface area contributed by atoms with E-state index in [1.165, 1.54) is 5.56 Å². The molecule has 158 valence electrons. The molecule has 1 aliphatic rings. The Hall–Kier alpha value is -2.28. The van der Waals surface area contributed by atoms with Crippen LogP contribution in [-0.4, -0.2) is 74.1 Å². The third kappa shape index (κ3) is 6.92. The fraction of sp³-hybridized carbons (Fsp3) is 0.478. The number of ether oxygens (including phenoxy) is 3. The van der Waals surface area contributed by atoms with Crippen molar-refractivity contribution in [3.8, 4) is 17.2 Å². The van der Waals surface area contributed by atoms with Gasteiger partial charge in [0.15, 0.2) is 0 Å². The number of benzene rings is 2. The number of nitrogens with zero attached hydrogens (tertiary/aromatic N) is 2. The van der Waals surface area contributed by atoms with E-state index in [4.69, 9.17) is 14.2 Å². The molecule has 3 rings (SSSR count). The molecule has 1 aliphatic heterocycles. The number of methoxy groups -OCH3 is 1. The second-order valence-corrected chi connectivity index (χ2v) is 7.29. The maximum atomic E-state index is 10.3. The third-order valence-electron chi connectivity index (χ3n) is 5.08. The highest BCUT2D eigenvalue weighted by Crippen LogP contribution is 2.18. The van der Waals surface area contributed by atoms with Crippen molar-refractivity contribution in [1.82, 2.24) is 9.80 Å². The van der Waals surface area contributed by atoms with Gasteiger partial charge in [-0.2, -0.15) is 0 Å². The van der Waals surface area contributed by atoms with Gasteiger partial charge in [-0.15, -0.1) is 0 Å². The normalized spacial score (nSPS) is 16.4. The largest absolute Gasteiger partial charge is 0.497 e. The lowest BCUT2D eigenvalue weighted by atomic mass is 10.2. The molecule has 1 unspecified atom stereocenters. The van der Waals surface area contributed by atoms with Crippen molar-refractivity contribution >= 4 is 0 Å². The smallest absolute Gasteiger partial charge is 0.119 e. The molecule has 0 amide bonds. The third-order valence-corrected chi connectivity index (χ3v) is 5.08. The van der Waals surface area contributed by atoms with Crippen LogP contribution in [0.3, 0.4) is 0 Å². The molecule has 6 heteroatoms. The summed E-state index contributed by atoms with van der Waals surface area (Å²) in [5.74, 6) is 2.46. The minimum Gasteiger partial charge on any atom is -0.497 e. The van der Waals surface area contributed by atoms with Crippen LogP contribution in [0.5, 0.6) is 17.2 Å². The fourth-order valence-electron chi connectivity index (χ4n) is 3.46. The average molecular weight is 401 g/mol. The van der Waals surface area contributed by atoms with Crippen LogP contribution in [0.1, 0.15) is 12.5 Å². The summed E-state index contributed by atoms with van der Waals surface area (Å²) < 4.78 is 16.3. The van der Waals surface area contributed by atoms with Crippen LogP contribution in [-0.2, 0) is 6.54 Å². The van der Waals surface area contributed by atoms with Crippen molar-refractivity contribution in [2.75, 3.05) is 53.0 Å². The summed E-state index contributed by atoms with van der Waals surface area (Å²) in [7, 11) is 1.69. The molecule has 1 atom stereocenters. The van der Waals surface area contributed by atoms with Gasteiger partial charge in [0.2, 0.25) is 0 Å². The van der Waals surface area contributed by atoms with Gasteiger partial charge >= 0.3 is 0 Å². The molecule has 1 N–H and O–H groups in total. The summed E-state index contributed by atoms with van der Waals surface area (Å²) in [5, 5.41) is 10.3. The number of aliphatic hydroxyl groups is 1. The monoisotopic (exact) mass is 400 g/mol. The lowest BCUT2D eigenvalue weighted by Crippen LogP contribution is -2.48. The molecule has 0 bridgehead atoms. The first-order valence-corrected chi connectivity index (χ1v) is 10.3. The first-order chi connectivity index (χ1) is 14.2. The van der Waals surface area contributed by atoms with Crippen molar-refractivity contribution in [3.63, 3.8) is 0 Å². The molecule has 2 aromatic carbocycles. The van der Waals surface area contributed by atoms with E-state index >= 15 is 0 Å². The van der Waals surface area contributed by atoms with Gasteiger partial charge in [0, 0.05) is 39.3 Å². The van der Waals surface area contributed by atoms with Crippen molar-refractivity contribution < 1.29 is 19.3 Å². The van der Waals surface area contributed by atoms with E-state index in [1.54, 1.807) is 7.11 Å². The lowest BCUT2D eigenvalue weighted by molar-refractivity contribution is 0.0446. The van der Waals surface area contributed by atoms with E-state index in [9.17, 15) is 5.11 Å². The van der Waals surface area contributed by atoms with Crippen LogP contribution in [0.2, 0.25) is 0 Å². The summed E-state index contributed by atoms with van der Waals surface area (Å²) in [6.07, 6.45) is -0.505. The van der Waals surface area contributed by atoms with E-state index in [0.29, 0.717) is 19.8 Å². The Morgan fingerprint density at radius 2 is 1.38 bits per heavy atom. The molecule has 0 aromatic heterocycles. The molecule has 2 aromatic rings. The highest BCUT2D eigenvalue weighted by Gasteiger charge is 2.19. The number of hydrogen-bond donors (Lipinski definition) is 1. The summed E-state index contributed by atoms with van der Waals surface area (Å²) in [6, 6.07) is 15.8. The minimum absolute atomic E-state index is 0.292. The van der Waals surface area contributed by atoms with Gasteiger partial charge in [-0.05, 0) is 48.9 Å². The standard InChI is InChI=1S/C23H32N2O4/c1-3-28-22-8-10-23(11-9-22)29-18-20(26)17-25-14-12-24(13-15-25)16-19-4-6-21(27-2)7-5-19/h4-11,20,26H,3,12-18H2,1-2H3. The van der Waals surface area contributed by atoms with E-state index < -0.39 is 6.10 Å². The molecule has 1 fully saturated rings. The first-order valence-electron chi connectivity index (χ1n) is 10.3. The van der Waals surface area contributed by atoms with Gasteiger partial charge in [0.05, 0.1) is 13.7 Å². The molecule has 0 aliphatic carbocycles. The van der Waals surface area contributed by atoms with Crippen LogP contribution in [0.15, 0.2) is 48.5 Å². The SMILES string of the molecule is CCOc1ccc(OCC(O)CN2CCN(Cc3ccc(OC)cc3)CC2)cc1. The summed E-state index contributed by atoms with van der Waals surface area (Å²) in [5.41, 5.74) is 1.29. The molecular weight excluding hydrogens is 368 g/mol. The molecule has 1 heterocycles. The van der Waals surface area contributed by atoms with E-state index in [2.05, 4.69) is 21.9 Å². The van der Waals surface area contributed by atoms with Gasteiger partial charge in [-0.1, -0.05) is 12.1 Å². The highest BCUT2D eigenvalue weighted by molar-refractivity contribution is 5.31. The second-order valence-electron chi connectivity index (χ2n) is 7.29. The first kappa shape index (κ1) is 21.4. The zero-order chi connectivity index (χ0) is 20.5. The van der Waals surface area contributed by atoms with Gasteiger partial charge in [0.1, 0.15) is 30.0 Å².